The maximum atomic E-state index is 12.3. The highest BCUT2D eigenvalue weighted by Gasteiger charge is 2.47. The van der Waals surface area contributed by atoms with Crippen LogP contribution in [0.2, 0.25) is 0 Å². The summed E-state index contributed by atoms with van der Waals surface area (Å²) in [5.74, 6) is -0.937. The average molecular weight is 407 g/mol. The van der Waals surface area contributed by atoms with Gasteiger partial charge in [0.2, 0.25) is 6.04 Å². The van der Waals surface area contributed by atoms with E-state index in [0.717, 1.165) is 26.8 Å². The number of fused-ring (bicyclic) bond motifs is 2. The van der Waals surface area contributed by atoms with Crippen LogP contribution in [0, 0.1) is 10.1 Å². The number of ether oxygens (including phenoxy) is 1. The third-order valence-corrected chi connectivity index (χ3v) is 6.77. The van der Waals surface area contributed by atoms with Gasteiger partial charge in [-0.25, -0.2) is 0 Å². The second-order valence-electron chi connectivity index (χ2n) is 7.04. The van der Waals surface area contributed by atoms with Crippen LogP contribution in [0.3, 0.4) is 0 Å². The highest BCUT2D eigenvalue weighted by Crippen LogP contribution is 2.52. The van der Waals surface area contributed by atoms with Crippen molar-refractivity contribution in [3.05, 3.63) is 88.0 Å². The van der Waals surface area contributed by atoms with Crippen LogP contribution in [0.15, 0.2) is 71.6 Å². The Morgan fingerprint density at radius 1 is 1.03 bits per heavy atom. The molecule has 3 aromatic carbocycles. The summed E-state index contributed by atoms with van der Waals surface area (Å²) in [7, 11) is 0. The van der Waals surface area contributed by atoms with E-state index < -0.39 is 23.2 Å². The first-order valence-corrected chi connectivity index (χ1v) is 10.5. The SMILES string of the molecule is CCOC(=O)C[C@H]1c2ccccc2S[C@H](c2cccc3ccccc23)[C@H]1[N+](=O)[O-]. The molecule has 4 rings (SSSR count). The molecular formula is C23H21NO4S. The van der Waals surface area contributed by atoms with E-state index in [1.807, 2.05) is 66.7 Å². The first kappa shape index (κ1) is 19.5. The van der Waals surface area contributed by atoms with Crippen molar-refractivity contribution in [1.82, 2.24) is 0 Å². The number of nitro groups is 1. The largest absolute Gasteiger partial charge is 0.466 e. The molecule has 5 nitrogen and oxygen atoms in total. The Hall–Kier alpha value is -2.86. The van der Waals surface area contributed by atoms with E-state index in [0.29, 0.717) is 0 Å². The van der Waals surface area contributed by atoms with Gasteiger partial charge in [0.1, 0.15) is 5.25 Å². The Morgan fingerprint density at radius 2 is 1.72 bits per heavy atom. The van der Waals surface area contributed by atoms with Crippen LogP contribution < -0.4 is 0 Å². The number of benzene rings is 3. The summed E-state index contributed by atoms with van der Waals surface area (Å²) in [6.07, 6.45) is -0.00166. The van der Waals surface area contributed by atoms with Gasteiger partial charge in [-0.2, -0.15) is 0 Å². The standard InChI is InChI=1S/C23H21NO4S/c1-2-28-21(25)14-19-17-11-5-6-13-20(17)29-23(22(19)24(26)27)18-12-7-9-15-8-3-4-10-16(15)18/h3-13,19,22-23H,2,14H2,1H3/t19-,22-,23+/m0/s1. The summed E-state index contributed by atoms with van der Waals surface area (Å²) in [5, 5.41) is 13.9. The Balaban J connectivity index is 1.86. The zero-order valence-corrected chi connectivity index (χ0v) is 16.8. The number of hydrogen-bond acceptors (Lipinski definition) is 5. The van der Waals surface area contributed by atoms with Crippen LogP contribution in [0.4, 0.5) is 0 Å². The molecule has 0 saturated heterocycles. The molecule has 0 bridgehead atoms. The summed E-state index contributed by atoms with van der Waals surface area (Å²) in [6.45, 7) is 2.00. The van der Waals surface area contributed by atoms with Crippen LogP contribution in [0.25, 0.3) is 10.8 Å². The predicted octanol–water partition coefficient (Wildman–Crippen LogP) is 5.37. The van der Waals surface area contributed by atoms with Crippen molar-refractivity contribution in [2.24, 2.45) is 0 Å². The summed E-state index contributed by atoms with van der Waals surface area (Å²) >= 11 is 1.51. The fourth-order valence-electron chi connectivity index (χ4n) is 4.13. The third kappa shape index (κ3) is 3.72. The van der Waals surface area contributed by atoms with E-state index in [4.69, 9.17) is 4.74 Å². The molecular weight excluding hydrogens is 386 g/mol. The number of carbonyl (C=O) groups is 1. The summed E-state index contributed by atoms with van der Waals surface area (Å²) in [4.78, 5) is 25.3. The lowest BCUT2D eigenvalue weighted by atomic mass is 9.83. The van der Waals surface area contributed by atoms with Gasteiger partial charge < -0.3 is 4.74 Å². The Kier molecular flexibility index (Phi) is 5.53. The summed E-state index contributed by atoms with van der Waals surface area (Å²) < 4.78 is 5.13. The Bertz CT molecular complexity index is 1060. The minimum absolute atomic E-state index is 0.00166. The van der Waals surface area contributed by atoms with Gasteiger partial charge in [-0.3, -0.25) is 14.9 Å². The zero-order valence-electron chi connectivity index (χ0n) is 16.0. The van der Waals surface area contributed by atoms with Gasteiger partial charge in [0.05, 0.1) is 18.9 Å². The Morgan fingerprint density at radius 3 is 2.52 bits per heavy atom. The topological polar surface area (TPSA) is 69.4 Å². The van der Waals surface area contributed by atoms with Crippen molar-refractivity contribution >= 4 is 28.5 Å². The number of thioether (sulfide) groups is 1. The molecule has 29 heavy (non-hydrogen) atoms. The van der Waals surface area contributed by atoms with Crippen LogP contribution in [0.5, 0.6) is 0 Å². The quantitative estimate of drug-likeness (QED) is 0.323. The molecule has 6 heteroatoms. The number of esters is 1. The molecule has 0 N–H and O–H groups in total. The molecule has 1 aliphatic rings. The van der Waals surface area contributed by atoms with E-state index >= 15 is 0 Å². The van der Waals surface area contributed by atoms with Crippen molar-refractivity contribution in [1.29, 1.82) is 0 Å². The second-order valence-corrected chi connectivity index (χ2v) is 8.22. The highest BCUT2D eigenvalue weighted by molar-refractivity contribution is 7.99. The average Bonchev–Trinajstić information content (AvgIpc) is 2.73. The fraction of sp³-hybridized carbons (Fsp3) is 0.261. The van der Waals surface area contributed by atoms with Crippen LogP contribution in [0.1, 0.15) is 35.6 Å². The molecule has 0 saturated carbocycles. The monoisotopic (exact) mass is 407 g/mol. The number of carbonyl (C=O) groups excluding carboxylic acids is 1. The smallest absolute Gasteiger partial charge is 0.306 e. The van der Waals surface area contributed by atoms with Gasteiger partial charge >= 0.3 is 5.97 Å². The molecule has 1 aliphatic heterocycles. The normalized spacial score (nSPS) is 20.8. The maximum absolute atomic E-state index is 12.3. The predicted molar refractivity (Wildman–Crippen MR) is 114 cm³/mol. The van der Waals surface area contributed by atoms with Crippen LogP contribution >= 0.6 is 11.8 Å². The van der Waals surface area contributed by atoms with E-state index in [9.17, 15) is 14.9 Å². The summed E-state index contributed by atoms with van der Waals surface area (Å²) in [5.41, 5.74) is 1.78. The molecule has 3 atom stereocenters. The highest BCUT2D eigenvalue weighted by atomic mass is 32.2. The van der Waals surface area contributed by atoms with Crippen molar-refractivity contribution in [3.63, 3.8) is 0 Å². The lowest BCUT2D eigenvalue weighted by Gasteiger charge is -2.34. The molecule has 0 unspecified atom stereocenters. The van der Waals surface area contributed by atoms with Gasteiger partial charge in [0.25, 0.3) is 0 Å². The molecule has 148 valence electrons. The van der Waals surface area contributed by atoms with Crippen molar-refractivity contribution in [2.45, 2.75) is 35.4 Å². The summed E-state index contributed by atoms with van der Waals surface area (Å²) in [6, 6.07) is 20.6. The Labute approximate surface area is 173 Å². The van der Waals surface area contributed by atoms with Gasteiger partial charge in [0.15, 0.2) is 0 Å². The molecule has 0 spiro atoms. The fourth-order valence-corrected chi connectivity index (χ4v) is 5.68. The third-order valence-electron chi connectivity index (χ3n) is 5.36. The number of rotatable bonds is 5. The van der Waals surface area contributed by atoms with Crippen LogP contribution in [-0.4, -0.2) is 23.5 Å². The van der Waals surface area contributed by atoms with Crippen molar-refractivity contribution < 1.29 is 14.5 Å². The molecule has 3 aromatic rings. The molecule has 1 heterocycles. The van der Waals surface area contributed by atoms with Gasteiger partial charge in [-0.15, -0.1) is 11.8 Å². The van der Waals surface area contributed by atoms with Gasteiger partial charge in [-0.1, -0.05) is 60.7 Å². The zero-order chi connectivity index (χ0) is 20.4. The minimum Gasteiger partial charge on any atom is -0.466 e. The minimum atomic E-state index is -0.926. The molecule has 0 radical (unpaired) electrons. The van der Waals surface area contributed by atoms with Gasteiger partial charge in [-0.05, 0) is 34.9 Å². The molecule has 0 aliphatic carbocycles. The molecule has 0 aromatic heterocycles. The first-order chi connectivity index (χ1) is 14.1. The van der Waals surface area contributed by atoms with E-state index in [-0.39, 0.29) is 18.0 Å². The number of nitrogens with zero attached hydrogens (tertiary/aromatic N) is 1. The van der Waals surface area contributed by atoms with Crippen molar-refractivity contribution in [2.75, 3.05) is 6.61 Å². The maximum Gasteiger partial charge on any atom is 0.306 e. The van der Waals surface area contributed by atoms with Crippen LogP contribution in [-0.2, 0) is 9.53 Å². The number of hydrogen-bond donors (Lipinski definition) is 0. The van der Waals surface area contributed by atoms with Crippen molar-refractivity contribution in [3.8, 4) is 0 Å². The van der Waals surface area contributed by atoms with E-state index in [2.05, 4.69) is 0 Å². The van der Waals surface area contributed by atoms with E-state index in [1.54, 1.807) is 6.92 Å². The first-order valence-electron chi connectivity index (χ1n) is 9.62. The lowest BCUT2D eigenvalue weighted by Crippen LogP contribution is -2.37. The van der Waals surface area contributed by atoms with Gasteiger partial charge in [0, 0.05) is 9.82 Å². The molecule has 0 amide bonds. The molecule has 0 fully saturated rings. The van der Waals surface area contributed by atoms with E-state index in [1.165, 1.54) is 11.8 Å². The lowest BCUT2D eigenvalue weighted by molar-refractivity contribution is -0.527. The second kappa shape index (κ2) is 8.25.